The van der Waals surface area contributed by atoms with Gasteiger partial charge in [-0.3, -0.25) is 0 Å². The van der Waals surface area contributed by atoms with E-state index in [1.54, 1.807) is 11.3 Å². The van der Waals surface area contributed by atoms with Crippen LogP contribution >= 0.6 is 11.3 Å². The lowest BCUT2D eigenvalue weighted by molar-refractivity contribution is 0.117. The second kappa shape index (κ2) is 6.41. The lowest BCUT2D eigenvalue weighted by Gasteiger charge is -2.26. The van der Waals surface area contributed by atoms with E-state index in [9.17, 15) is 9.90 Å². The Morgan fingerprint density at radius 1 is 1.29 bits per heavy atom. The van der Waals surface area contributed by atoms with Gasteiger partial charge in [0.25, 0.3) is 0 Å². The first kappa shape index (κ1) is 14.3. The van der Waals surface area contributed by atoms with Gasteiger partial charge in [0.2, 0.25) is 0 Å². The smallest absolute Gasteiger partial charge is 0.315 e. The standard InChI is InChI=1S/C15H19N3O2S/c19-11-7-5-10(6-8-11)17-15(20)16-9-14-18-12-3-1-2-4-13(12)21-14/h1-4,10-11,19H,5-9H2,(H2,16,17,20). The molecule has 3 N–H and O–H groups in total. The lowest BCUT2D eigenvalue weighted by atomic mass is 9.93. The molecule has 0 radical (unpaired) electrons. The maximum absolute atomic E-state index is 11.9. The molecule has 1 saturated carbocycles. The van der Waals surface area contributed by atoms with Gasteiger partial charge >= 0.3 is 6.03 Å². The Hall–Kier alpha value is -1.66. The first-order valence-corrected chi connectivity index (χ1v) is 8.09. The van der Waals surface area contributed by atoms with Crippen molar-refractivity contribution in [2.75, 3.05) is 0 Å². The van der Waals surface area contributed by atoms with Crippen molar-refractivity contribution in [1.29, 1.82) is 0 Å². The fraction of sp³-hybridized carbons (Fsp3) is 0.467. The monoisotopic (exact) mass is 305 g/mol. The molecule has 1 aromatic carbocycles. The van der Waals surface area contributed by atoms with Gasteiger partial charge in [-0.15, -0.1) is 11.3 Å². The van der Waals surface area contributed by atoms with Crippen molar-refractivity contribution < 1.29 is 9.90 Å². The van der Waals surface area contributed by atoms with E-state index < -0.39 is 0 Å². The first-order valence-electron chi connectivity index (χ1n) is 7.27. The molecule has 0 atom stereocenters. The van der Waals surface area contributed by atoms with Crippen molar-refractivity contribution in [3.8, 4) is 0 Å². The van der Waals surface area contributed by atoms with Crippen molar-refractivity contribution in [2.24, 2.45) is 0 Å². The molecule has 112 valence electrons. The summed E-state index contributed by atoms with van der Waals surface area (Å²) in [7, 11) is 0. The normalized spacial score (nSPS) is 22.1. The molecule has 1 aliphatic carbocycles. The van der Waals surface area contributed by atoms with E-state index in [2.05, 4.69) is 15.6 Å². The quantitative estimate of drug-likeness (QED) is 0.815. The maximum Gasteiger partial charge on any atom is 0.315 e. The number of urea groups is 1. The summed E-state index contributed by atoms with van der Waals surface area (Å²) in [5.74, 6) is 0. The Labute approximate surface area is 127 Å². The summed E-state index contributed by atoms with van der Waals surface area (Å²) in [6.45, 7) is 0.445. The Kier molecular flexibility index (Phi) is 4.36. The van der Waals surface area contributed by atoms with Crippen molar-refractivity contribution in [2.45, 2.75) is 44.4 Å². The van der Waals surface area contributed by atoms with E-state index in [0.717, 1.165) is 40.9 Å². The molecule has 3 rings (SSSR count). The van der Waals surface area contributed by atoms with Crippen LogP contribution in [0.1, 0.15) is 30.7 Å². The molecule has 2 amide bonds. The number of para-hydroxylation sites is 1. The van der Waals surface area contributed by atoms with Crippen LogP contribution in [0.2, 0.25) is 0 Å². The molecule has 5 nitrogen and oxygen atoms in total. The largest absolute Gasteiger partial charge is 0.393 e. The molecule has 1 heterocycles. The van der Waals surface area contributed by atoms with E-state index in [4.69, 9.17) is 0 Å². The van der Waals surface area contributed by atoms with Gasteiger partial charge in [0.05, 0.1) is 22.9 Å². The van der Waals surface area contributed by atoms with Crippen LogP contribution in [0.15, 0.2) is 24.3 Å². The average molecular weight is 305 g/mol. The highest BCUT2D eigenvalue weighted by atomic mass is 32.1. The third-order valence-corrected chi connectivity index (χ3v) is 4.81. The number of hydrogen-bond acceptors (Lipinski definition) is 4. The highest BCUT2D eigenvalue weighted by Gasteiger charge is 2.20. The second-order valence-corrected chi connectivity index (χ2v) is 6.52. The fourth-order valence-electron chi connectivity index (χ4n) is 2.61. The molecule has 21 heavy (non-hydrogen) atoms. The molecular formula is C15H19N3O2S. The number of nitrogens with zero attached hydrogens (tertiary/aromatic N) is 1. The fourth-order valence-corrected chi connectivity index (χ4v) is 3.52. The zero-order chi connectivity index (χ0) is 14.7. The Morgan fingerprint density at radius 3 is 2.81 bits per heavy atom. The number of amides is 2. The van der Waals surface area contributed by atoms with Crippen LogP contribution in [0.4, 0.5) is 4.79 Å². The Bertz CT molecular complexity index is 587. The average Bonchev–Trinajstić information content (AvgIpc) is 2.90. The van der Waals surface area contributed by atoms with Crippen molar-refractivity contribution in [3.05, 3.63) is 29.3 Å². The number of aromatic nitrogens is 1. The SMILES string of the molecule is O=C(NCc1nc2ccccc2s1)NC1CCC(O)CC1. The van der Waals surface area contributed by atoms with Gasteiger partial charge in [-0.2, -0.15) is 0 Å². The third-order valence-electron chi connectivity index (χ3n) is 3.77. The minimum absolute atomic E-state index is 0.157. The topological polar surface area (TPSA) is 74.2 Å². The summed E-state index contributed by atoms with van der Waals surface area (Å²) in [4.78, 5) is 16.4. The Morgan fingerprint density at radius 2 is 2.05 bits per heavy atom. The van der Waals surface area contributed by atoms with E-state index in [1.807, 2.05) is 24.3 Å². The summed E-state index contributed by atoms with van der Waals surface area (Å²) in [5.41, 5.74) is 0.973. The minimum Gasteiger partial charge on any atom is -0.393 e. The summed E-state index contributed by atoms with van der Waals surface area (Å²) < 4.78 is 1.14. The zero-order valence-electron chi connectivity index (χ0n) is 11.7. The van der Waals surface area contributed by atoms with Gasteiger partial charge in [0.1, 0.15) is 5.01 Å². The molecule has 0 saturated heterocycles. The van der Waals surface area contributed by atoms with Gasteiger partial charge in [-0.25, -0.2) is 9.78 Å². The van der Waals surface area contributed by atoms with Crippen molar-refractivity contribution in [1.82, 2.24) is 15.6 Å². The molecule has 2 aromatic rings. The van der Waals surface area contributed by atoms with Crippen molar-refractivity contribution >= 4 is 27.6 Å². The molecule has 0 unspecified atom stereocenters. The number of benzene rings is 1. The van der Waals surface area contributed by atoms with Crippen LogP contribution in [0.3, 0.4) is 0 Å². The van der Waals surface area contributed by atoms with Crippen LogP contribution in [0, 0.1) is 0 Å². The number of nitrogens with one attached hydrogen (secondary N) is 2. The van der Waals surface area contributed by atoms with E-state index in [1.165, 1.54) is 0 Å². The van der Waals surface area contributed by atoms with Crippen LogP contribution in [-0.4, -0.2) is 28.3 Å². The molecule has 1 fully saturated rings. The molecule has 1 aliphatic rings. The number of fused-ring (bicyclic) bond motifs is 1. The van der Waals surface area contributed by atoms with Crippen molar-refractivity contribution in [3.63, 3.8) is 0 Å². The number of rotatable bonds is 3. The number of thiazole rings is 1. The highest BCUT2D eigenvalue weighted by molar-refractivity contribution is 7.18. The number of aliphatic hydroxyl groups excluding tert-OH is 1. The van der Waals surface area contributed by atoms with Gasteiger partial charge < -0.3 is 15.7 Å². The zero-order valence-corrected chi connectivity index (χ0v) is 12.5. The second-order valence-electron chi connectivity index (χ2n) is 5.41. The van der Waals surface area contributed by atoms with Crippen LogP contribution in [0.5, 0.6) is 0 Å². The first-order chi connectivity index (χ1) is 10.2. The molecule has 0 bridgehead atoms. The number of hydrogen-bond donors (Lipinski definition) is 3. The summed E-state index contributed by atoms with van der Waals surface area (Å²) in [5, 5.41) is 16.2. The van der Waals surface area contributed by atoms with E-state index in [0.29, 0.717) is 6.54 Å². The maximum atomic E-state index is 11.9. The summed E-state index contributed by atoms with van der Waals surface area (Å²) >= 11 is 1.60. The summed E-state index contributed by atoms with van der Waals surface area (Å²) in [6, 6.07) is 7.97. The van der Waals surface area contributed by atoms with Gasteiger partial charge in [-0.05, 0) is 37.8 Å². The lowest BCUT2D eigenvalue weighted by Crippen LogP contribution is -2.43. The molecule has 6 heteroatoms. The van der Waals surface area contributed by atoms with Crippen LogP contribution < -0.4 is 10.6 Å². The Balaban J connectivity index is 1.49. The molecule has 0 spiro atoms. The van der Waals surface area contributed by atoms with Crippen LogP contribution in [0.25, 0.3) is 10.2 Å². The summed E-state index contributed by atoms with van der Waals surface area (Å²) in [6.07, 6.45) is 3.02. The van der Waals surface area contributed by atoms with Gasteiger partial charge in [-0.1, -0.05) is 12.1 Å². The number of carbonyl (C=O) groups excluding carboxylic acids is 1. The van der Waals surface area contributed by atoms with Crippen LogP contribution in [-0.2, 0) is 6.54 Å². The predicted octanol–water partition coefficient (Wildman–Crippen LogP) is 2.40. The minimum atomic E-state index is -0.200. The highest BCUT2D eigenvalue weighted by Crippen LogP contribution is 2.21. The molecule has 1 aromatic heterocycles. The number of aliphatic hydroxyl groups is 1. The molecular weight excluding hydrogens is 286 g/mol. The van der Waals surface area contributed by atoms with Gasteiger partial charge in [0, 0.05) is 6.04 Å². The predicted molar refractivity (Wildman–Crippen MR) is 83.3 cm³/mol. The van der Waals surface area contributed by atoms with E-state index in [-0.39, 0.29) is 18.2 Å². The molecule has 0 aliphatic heterocycles. The van der Waals surface area contributed by atoms with E-state index >= 15 is 0 Å². The third kappa shape index (κ3) is 3.71. The van der Waals surface area contributed by atoms with Gasteiger partial charge in [0.15, 0.2) is 0 Å². The number of carbonyl (C=O) groups is 1.